The number of fused-ring (bicyclic) bond motifs is 1. The number of hydrogen-bond acceptors (Lipinski definition) is 6. The van der Waals surface area contributed by atoms with Gasteiger partial charge in [0, 0.05) is 25.2 Å². The third kappa shape index (κ3) is 3.87. The van der Waals surface area contributed by atoms with Crippen LogP contribution in [0.1, 0.15) is 34.2 Å². The van der Waals surface area contributed by atoms with E-state index in [4.69, 9.17) is 0 Å². The number of benzene rings is 1. The lowest BCUT2D eigenvalue weighted by molar-refractivity contribution is -0.122. The lowest BCUT2D eigenvalue weighted by Crippen LogP contribution is -2.49. The second-order valence-corrected chi connectivity index (χ2v) is 7.09. The lowest BCUT2D eigenvalue weighted by Gasteiger charge is -2.32. The maximum Gasteiger partial charge on any atom is 0.324 e. The molecule has 10 heteroatoms. The van der Waals surface area contributed by atoms with E-state index in [0.29, 0.717) is 10.9 Å². The molecule has 31 heavy (non-hydrogen) atoms. The number of halogens is 1. The van der Waals surface area contributed by atoms with Gasteiger partial charge in [0.1, 0.15) is 11.3 Å². The summed E-state index contributed by atoms with van der Waals surface area (Å²) < 4.78 is 13.1. The number of pyridine rings is 2. The molecule has 1 aliphatic heterocycles. The van der Waals surface area contributed by atoms with Crippen LogP contribution in [0.2, 0.25) is 0 Å². The lowest BCUT2D eigenvalue weighted by atomic mass is 10.0. The third-order valence-electron chi connectivity index (χ3n) is 5.07. The van der Waals surface area contributed by atoms with Gasteiger partial charge in [0.2, 0.25) is 5.91 Å². The zero-order valence-corrected chi connectivity index (χ0v) is 16.4. The molecule has 3 N–H and O–H groups in total. The molecule has 4 amide bonds. The number of carbonyl (C=O) groups is 3. The average molecular weight is 423 g/mol. The number of hydrogen-bond donors (Lipinski definition) is 3. The van der Waals surface area contributed by atoms with Gasteiger partial charge in [0.25, 0.3) is 5.91 Å². The predicted octanol–water partition coefficient (Wildman–Crippen LogP) is 2.02. The molecule has 2 aromatic heterocycles. The first-order valence-corrected chi connectivity index (χ1v) is 9.42. The fourth-order valence-corrected chi connectivity index (χ4v) is 3.42. The predicted molar refractivity (Wildman–Crippen MR) is 107 cm³/mol. The Morgan fingerprint density at radius 1 is 1.29 bits per heavy atom. The third-order valence-corrected chi connectivity index (χ3v) is 5.07. The Hall–Kier alpha value is -4.08. The van der Waals surface area contributed by atoms with Crippen molar-refractivity contribution in [3.05, 3.63) is 65.4 Å². The van der Waals surface area contributed by atoms with Crippen molar-refractivity contribution in [3.8, 4) is 5.75 Å². The summed E-state index contributed by atoms with van der Waals surface area (Å²) in [5, 5.41) is 15.9. The fraction of sp³-hybridized carbons (Fsp3) is 0.190. The SMILES string of the molecule is CN1C(=O)NC(=O)CC1c1nc(C(=O)NCc2ccc(F)cc2)c(O)c2ncccc12. The maximum absolute atomic E-state index is 13.1. The van der Waals surface area contributed by atoms with E-state index in [2.05, 4.69) is 20.6 Å². The molecule has 3 aromatic rings. The van der Waals surface area contributed by atoms with Crippen LogP contribution in [0.3, 0.4) is 0 Å². The molecule has 158 valence electrons. The molecule has 0 bridgehead atoms. The van der Waals surface area contributed by atoms with Crippen LogP contribution in [-0.2, 0) is 11.3 Å². The summed E-state index contributed by atoms with van der Waals surface area (Å²) in [6.45, 7) is 0.0834. The summed E-state index contributed by atoms with van der Waals surface area (Å²) in [4.78, 5) is 46.6. The molecule has 9 nitrogen and oxygen atoms in total. The number of rotatable bonds is 4. The number of urea groups is 1. The van der Waals surface area contributed by atoms with Crippen LogP contribution in [0.5, 0.6) is 5.75 Å². The number of nitrogens with zero attached hydrogens (tertiary/aromatic N) is 3. The van der Waals surface area contributed by atoms with E-state index in [9.17, 15) is 23.9 Å². The number of aromatic nitrogens is 2. The highest BCUT2D eigenvalue weighted by Crippen LogP contribution is 2.34. The van der Waals surface area contributed by atoms with Gasteiger partial charge in [-0.2, -0.15) is 0 Å². The minimum Gasteiger partial charge on any atom is -0.504 e. The quantitative estimate of drug-likeness (QED) is 0.590. The minimum atomic E-state index is -0.739. The number of carbonyl (C=O) groups excluding carboxylic acids is 3. The topological polar surface area (TPSA) is 125 Å². The highest BCUT2D eigenvalue weighted by molar-refractivity contribution is 6.02. The Kier molecular flexibility index (Phi) is 5.20. The summed E-state index contributed by atoms with van der Waals surface area (Å²) in [5.41, 5.74) is 0.780. The summed E-state index contributed by atoms with van der Waals surface area (Å²) in [6, 6.07) is 7.55. The van der Waals surface area contributed by atoms with Crippen molar-refractivity contribution in [1.82, 2.24) is 25.5 Å². The Labute approximate surface area is 175 Å². The first-order valence-electron chi connectivity index (χ1n) is 9.42. The molecule has 1 aliphatic rings. The molecule has 0 aliphatic carbocycles. The van der Waals surface area contributed by atoms with E-state index in [0.717, 1.165) is 0 Å². The molecule has 3 heterocycles. The fourth-order valence-electron chi connectivity index (χ4n) is 3.42. The largest absolute Gasteiger partial charge is 0.504 e. The van der Waals surface area contributed by atoms with Gasteiger partial charge in [-0.15, -0.1) is 0 Å². The smallest absolute Gasteiger partial charge is 0.324 e. The highest BCUT2D eigenvalue weighted by atomic mass is 19.1. The number of nitrogens with one attached hydrogen (secondary N) is 2. The van der Waals surface area contributed by atoms with Gasteiger partial charge >= 0.3 is 6.03 Å². The van der Waals surface area contributed by atoms with Crippen molar-refractivity contribution in [1.29, 1.82) is 0 Å². The molecule has 0 radical (unpaired) electrons. The number of aromatic hydroxyl groups is 1. The number of amides is 4. The van der Waals surface area contributed by atoms with E-state index >= 15 is 0 Å². The van der Waals surface area contributed by atoms with Gasteiger partial charge in [0.15, 0.2) is 11.4 Å². The van der Waals surface area contributed by atoms with Gasteiger partial charge in [-0.25, -0.2) is 14.2 Å². The van der Waals surface area contributed by atoms with Crippen molar-refractivity contribution in [2.24, 2.45) is 0 Å². The molecule has 1 saturated heterocycles. The van der Waals surface area contributed by atoms with E-state index in [-0.39, 0.29) is 29.9 Å². The molecule has 1 atom stereocenters. The van der Waals surface area contributed by atoms with Crippen LogP contribution in [0.25, 0.3) is 10.9 Å². The molecule has 0 spiro atoms. The van der Waals surface area contributed by atoms with Crippen LogP contribution >= 0.6 is 0 Å². The summed E-state index contributed by atoms with van der Waals surface area (Å²) in [6.07, 6.45) is 1.40. The van der Waals surface area contributed by atoms with Crippen LogP contribution in [0.15, 0.2) is 42.6 Å². The maximum atomic E-state index is 13.1. The molecule has 1 aromatic carbocycles. The van der Waals surface area contributed by atoms with Crippen LogP contribution in [0, 0.1) is 5.82 Å². The Morgan fingerprint density at radius 2 is 2.03 bits per heavy atom. The zero-order valence-electron chi connectivity index (χ0n) is 16.4. The van der Waals surface area contributed by atoms with Gasteiger partial charge in [-0.05, 0) is 29.8 Å². The van der Waals surface area contributed by atoms with E-state index in [1.54, 1.807) is 12.1 Å². The Morgan fingerprint density at radius 3 is 2.77 bits per heavy atom. The van der Waals surface area contributed by atoms with E-state index in [1.165, 1.54) is 42.4 Å². The molecular formula is C21H18FN5O4. The van der Waals surface area contributed by atoms with Gasteiger partial charge < -0.3 is 15.3 Å². The Balaban J connectivity index is 1.73. The van der Waals surface area contributed by atoms with Crippen molar-refractivity contribution in [2.45, 2.75) is 19.0 Å². The molecule has 1 unspecified atom stereocenters. The van der Waals surface area contributed by atoms with E-state index in [1.807, 2.05) is 0 Å². The summed E-state index contributed by atoms with van der Waals surface area (Å²) in [5.74, 6) is -1.95. The van der Waals surface area contributed by atoms with Crippen LogP contribution in [-0.4, -0.2) is 44.9 Å². The minimum absolute atomic E-state index is 0.0549. The molecule has 1 fully saturated rings. The van der Waals surface area contributed by atoms with Crippen molar-refractivity contribution in [2.75, 3.05) is 7.05 Å². The van der Waals surface area contributed by atoms with Crippen molar-refractivity contribution >= 4 is 28.7 Å². The summed E-state index contributed by atoms with van der Waals surface area (Å²) in [7, 11) is 1.51. The van der Waals surface area contributed by atoms with Gasteiger partial charge in [0.05, 0.1) is 18.2 Å². The molecule has 0 saturated carbocycles. The first-order chi connectivity index (χ1) is 14.8. The normalized spacial score (nSPS) is 16.3. The standard InChI is InChI=1S/C21H18FN5O4/c1-27-14(9-15(28)25-21(27)31)16-13-3-2-8-23-17(13)19(29)18(26-16)20(30)24-10-11-4-6-12(22)7-5-11/h2-8,14,29H,9-10H2,1H3,(H,24,30)(H,25,28,31). The van der Waals surface area contributed by atoms with Gasteiger partial charge in [-0.1, -0.05) is 12.1 Å². The molecular weight excluding hydrogens is 405 g/mol. The highest BCUT2D eigenvalue weighted by Gasteiger charge is 2.34. The first kappa shape index (κ1) is 20.2. The second kappa shape index (κ2) is 7.98. The number of imide groups is 1. The summed E-state index contributed by atoms with van der Waals surface area (Å²) >= 11 is 0. The van der Waals surface area contributed by atoms with Crippen molar-refractivity contribution in [3.63, 3.8) is 0 Å². The van der Waals surface area contributed by atoms with Crippen LogP contribution < -0.4 is 10.6 Å². The monoisotopic (exact) mass is 423 g/mol. The second-order valence-electron chi connectivity index (χ2n) is 7.09. The van der Waals surface area contributed by atoms with E-state index < -0.39 is 35.5 Å². The molecule has 4 rings (SSSR count). The van der Waals surface area contributed by atoms with Gasteiger partial charge in [-0.3, -0.25) is 19.9 Å². The van der Waals surface area contributed by atoms with Crippen LogP contribution in [0.4, 0.5) is 9.18 Å². The van der Waals surface area contributed by atoms with Crippen molar-refractivity contribution < 1.29 is 23.9 Å². The average Bonchev–Trinajstić information content (AvgIpc) is 2.76. The Bertz CT molecular complexity index is 1200. The zero-order chi connectivity index (χ0) is 22.1.